The van der Waals surface area contributed by atoms with Gasteiger partial charge in [-0.3, -0.25) is 14.4 Å². The first-order valence-electron chi connectivity index (χ1n) is 12.2. The van der Waals surface area contributed by atoms with E-state index in [0.717, 1.165) is 0 Å². The fourth-order valence-electron chi connectivity index (χ4n) is 4.06. The molecule has 1 spiro atoms. The Bertz CT molecular complexity index is 905. The Labute approximate surface area is 229 Å². The Morgan fingerprint density at radius 1 is 0.919 bits per heavy atom. The Kier molecular flexibility index (Phi) is 9.46. The third-order valence-corrected chi connectivity index (χ3v) is 7.90. The van der Waals surface area contributed by atoms with Crippen molar-refractivity contribution < 1.29 is 42.8 Å². The normalized spacial score (nSPS) is 34.8. The maximum absolute atomic E-state index is 12.1. The standard InChI is InChI=1S/C14H20Cl2O5.C12H20O4/c1-7-9(20-11(18)12(2,3)4)10(19-5)21-13(7)6-8(17)14(13,15)16;1-7-8(2)15-10(14-6)9(7)16-11(13)12(3,4)5/h7,9-10H,6H2,1-5H3;7,9-10H,2H2,1,3-6H3/t7-,9+,10+,13-;7-,9-,10-/m01/s1. The summed E-state index contributed by atoms with van der Waals surface area (Å²) in [6.07, 6.45) is -2.33. The summed E-state index contributed by atoms with van der Waals surface area (Å²) in [5, 5.41) is 0. The lowest BCUT2D eigenvalue weighted by Crippen LogP contribution is -2.66. The van der Waals surface area contributed by atoms with Crippen molar-refractivity contribution >= 4 is 40.9 Å². The van der Waals surface area contributed by atoms with Crippen LogP contribution in [0.1, 0.15) is 61.8 Å². The smallest absolute Gasteiger partial charge is 0.311 e. The molecule has 0 bridgehead atoms. The van der Waals surface area contributed by atoms with E-state index in [4.69, 9.17) is 51.6 Å². The summed E-state index contributed by atoms with van der Waals surface area (Å²) >= 11 is 12.2. The summed E-state index contributed by atoms with van der Waals surface area (Å²) in [5.41, 5.74) is -2.25. The molecule has 0 aromatic heterocycles. The monoisotopic (exact) mass is 566 g/mol. The van der Waals surface area contributed by atoms with Crippen molar-refractivity contribution in [2.45, 2.75) is 96.5 Å². The summed E-state index contributed by atoms with van der Waals surface area (Å²) in [6, 6.07) is 0. The zero-order valence-electron chi connectivity index (χ0n) is 23.3. The van der Waals surface area contributed by atoms with Gasteiger partial charge in [-0.15, -0.1) is 0 Å². The van der Waals surface area contributed by atoms with Gasteiger partial charge in [-0.25, -0.2) is 0 Å². The third kappa shape index (κ3) is 6.11. The molecule has 7 atom stereocenters. The summed E-state index contributed by atoms with van der Waals surface area (Å²) in [4.78, 5) is 35.5. The predicted octanol–water partition coefficient (Wildman–Crippen LogP) is 4.57. The third-order valence-electron chi connectivity index (χ3n) is 6.84. The summed E-state index contributed by atoms with van der Waals surface area (Å²) in [7, 11) is 2.97. The lowest BCUT2D eigenvalue weighted by molar-refractivity contribution is -0.207. The molecule has 11 heteroatoms. The molecule has 1 aliphatic carbocycles. The molecular weight excluding hydrogens is 527 g/mol. The van der Waals surface area contributed by atoms with Crippen LogP contribution in [0.25, 0.3) is 0 Å². The zero-order chi connectivity index (χ0) is 28.7. The fourth-order valence-corrected chi connectivity index (χ4v) is 4.76. The second-order valence-corrected chi connectivity index (χ2v) is 13.1. The predicted molar refractivity (Wildman–Crippen MR) is 137 cm³/mol. The molecule has 37 heavy (non-hydrogen) atoms. The van der Waals surface area contributed by atoms with Crippen LogP contribution in [0.15, 0.2) is 12.3 Å². The number of rotatable bonds is 4. The number of carbonyl (C=O) groups is 3. The Balaban J connectivity index is 0.000000271. The van der Waals surface area contributed by atoms with E-state index in [0.29, 0.717) is 5.76 Å². The Hall–Kier alpha value is -1.39. The van der Waals surface area contributed by atoms with Gasteiger partial charge in [-0.2, -0.15) is 0 Å². The number of ether oxygens (including phenoxy) is 6. The molecule has 3 fully saturated rings. The van der Waals surface area contributed by atoms with Crippen LogP contribution in [-0.4, -0.2) is 66.7 Å². The van der Waals surface area contributed by atoms with E-state index in [1.165, 1.54) is 14.2 Å². The minimum Gasteiger partial charge on any atom is -0.465 e. The van der Waals surface area contributed by atoms with E-state index in [-0.39, 0.29) is 36.0 Å². The van der Waals surface area contributed by atoms with Crippen molar-refractivity contribution in [2.24, 2.45) is 22.7 Å². The van der Waals surface area contributed by atoms with Gasteiger partial charge in [0, 0.05) is 26.6 Å². The number of methoxy groups -OCH3 is 2. The van der Waals surface area contributed by atoms with Crippen LogP contribution < -0.4 is 0 Å². The lowest BCUT2D eigenvalue weighted by Gasteiger charge is -2.49. The summed E-state index contributed by atoms with van der Waals surface area (Å²) < 4.78 is 30.8. The lowest BCUT2D eigenvalue weighted by atomic mass is 9.69. The first-order chi connectivity index (χ1) is 16.7. The van der Waals surface area contributed by atoms with E-state index in [1.807, 2.05) is 27.7 Å². The number of hydrogen-bond acceptors (Lipinski definition) is 9. The molecule has 0 radical (unpaired) electrons. The van der Waals surface area contributed by atoms with Gasteiger partial charge in [0.1, 0.15) is 5.60 Å². The largest absolute Gasteiger partial charge is 0.465 e. The molecule has 2 heterocycles. The highest BCUT2D eigenvalue weighted by Crippen LogP contribution is 2.59. The number of alkyl halides is 2. The van der Waals surface area contributed by atoms with Crippen molar-refractivity contribution in [3.05, 3.63) is 12.3 Å². The number of halogens is 2. The molecule has 0 aromatic rings. The second kappa shape index (κ2) is 11.0. The number of Topliss-reactive ketones (excluding diaryl/α,β-unsaturated/α-hetero) is 1. The summed E-state index contributed by atoms with van der Waals surface area (Å²) in [6.45, 7) is 18.2. The number of ketones is 1. The van der Waals surface area contributed by atoms with Gasteiger partial charge in [-0.05, 0) is 41.5 Å². The van der Waals surface area contributed by atoms with Gasteiger partial charge in [0.25, 0.3) is 0 Å². The highest BCUT2D eigenvalue weighted by molar-refractivity contribution is 6.61. The second-order valence-electron chi connectivity index (χ2n) is 11.8. The molecule has 3 rings (SSSR count). The maximum Gasteiger partial charge on any atom is 0.311 e. The molecule has 0 aromatic carbocycles. The number of hydrogen-bond donors (Lipinski definition) is 0. The van der Waals surface area contributed by atoms with Crippen molar-refractivity contribution in [3.8, 4) is 0 Å². The van der Waals surface area contributed by atoms with E-state index >= 15 is 0 Å². The molecule has 212 valence electrons. The fraction of sp³-hybridized carbons (Fsp3) is 0.808. The van der Waals surface area contributed by atoms with E-state index < -0.39 is 45.6 Å². The molecule has 0 amide bonds. The highest BCUT2D eigenvalue weighted by atomic mass is 35.5. The van der Waals surface area contributed by atoms with Gasteiger partial charge in [0.15, 0.2) is 24.3 Å². The van der Waals surface area contributed by atoms with E-state index in [2.05, 4.69) is 6.58 Å². The minimum absolute atomic E-state index is 0.0451. The SMILES string of the molecule is C=C1O[C@@H](OC)[C@H](OC(=O)C(C)(C)C)[C@@H]1C.CO[C@@H]1O[C@@]2(CC(=O)C2(Cl)Cl)[C@@H](C)[C@H]1OC(=O)C(C)(C)C. The van der Waals surface area contributed by atoms with Crippen molar-refractivity contribution in [1.29, 1.82) is 0 Å². The van der Waals surface area contributed by atoms with Crippen LogP contribution in [0.3, 0.4) is 0 Å². The van der Waals surface area contributed by atoms with E-state index in [1.54, 1.807) is 27.7 Å². The van der Waals surface area contributed by atoms with Gasteiger partial charge in [0.2, 0.25) is 10.6 Å². The first-order valence-corrected chi connectivity index (χ1v) is 12.9. The molecule has 1 saturated carbocycles. The van der Waals surface area contributed by atoms with Crippen LogP contribution in [0.4, 0.5) is 0 Å². The average Bonchev–Trinajstić information content (AvgIpc) is 3.22. The van der Waals surface area contributed by atoms with Crippen LogP contribution in [0.2, 0.25) is 0 Å². The Morgan fingerprint density at radius 3 is 1.76 bits per heavy atom. The van der Waals surface area contributed by atoms with Crippen LogP contribution in [-0.2, 0) is 42.8 Å². The van der Waals surface area contributed by atoms with Gasteiger partial charge in [-0.1, -0.05) is 43.6 Å². The zero-order valence-corrected chi connectivity index (χ0v) is 24.8. The van der Waals surface area contributed by atoms with Gasteiger partial charge in [0.05, 0.1) is 22.5 Å². The molecule has 9 nitrogen and oxygen atoms in total. The molecule has 0 N–H and O–H groups in total. The van der Waals surface area contributed by atoms with Crippen LogP contribution in [0, 0.1) is 22.7 Å². The van der Waals surface area contributed by atoms with Gasteiger partial charge >= 0.3 is 11.9 Å². The highest BCUT2D eigenvalue weighted by Gasteiger charge is 2.74. The molecule has 3 aliphatic rings. The van der Waals surface area contributed by atoms with Crippen LogP contribution >= 0.6 is 23.2 Å². The first kappa shape index (κ1) is 31.8. The topological polar surface area (TPSA) is 107 Å². The maximum atomic E-state index is 12.1. The minimum atomic E-state index is -1.63. The van der Waals surface area contributed by atoms with Crippen molar-refractivity contribution in [3.63, 3.8) is 0 Å². The van der Waals surface area contributed by atoms with Crippen LogP contribution in [0.5, 0.6) is 0 Å². The average molecular weight is 568 g/mol. The summed E-state index contributed by atoms with van der Waals surface area (Å²) in [5.74, 6) is -0.737. The quantitative estimate of drug-likeness (QED) is 0.357. The van der Waals surface area contributed by atoms with Crippen molar-refractivity contribution in [2.75, 3.05) is 14.2 Å². The Morgan fingerprint density at radius 2 is 1.38 bits per heavy atom. The number of esters is 2. The van der Waals surface area contributed by atoms with Crippen molar-refractivity contribution in [1.82, 2.24) is 0 Å². The molecule has 2 saturated heterocycles. The molecule has 0 unspecified atom stereocenters. The number of carbonyl (C=O) groups excluding carboxylic acids is 3. The van der Waals surface area contributed by atoms with E-state index in [9.17, 15) is 14.4 Å². The molecule has 2 aliphatic heterocycles. The molecular formula is C26H40Cl2O9. The van der Waals surface area contributed by atoms with Gasteiger partial charge < -0.3 is 28.4 Å².